The molecule has 2 aliphatic heterocycles. The molecule has 3 rings (SSSR count). The lowest BCUT2D eigenvalue weighted by Gasteiger charge is -2.26. The van der Waals surface area contributed by atoms with Crippen LogP contribution in [0.5, 0.6) is 5.75 Å². The Hall–Kier alpha value is -2.01. The standard InChI is InChI=1S/C18H25FN4O4S/c1-13(28)21-20-11-15-12-23(18(24)27-15)14-2-3-17(16(19)10-14)26-9-6-22-4-7-25-8-5-22/h2-3,10,15,20H,4-9,11-12H2,1H3,(H,21,28)/t15-/m0/s1. The Labute approximate surface area is 168 Å². The van der Waals surface area contributed by atoms with Gasteiger partial charge in [-0.15, -0.1) is 0 Å². The minimum Gasteiger partial charge on any atom is -0.489 e. The van der Waals surface area contributed by atoms with E-state index in [1.807, 2.05) is 0 Å². The summed E-state index contributed by atoms with van der Waals surface area (Å²) in [6.45, 7) is 6.70. The lowest BCUT2D eigenvalue weighted by molar-refractivity contribution is 0.0320. The Kier molecular flexibility index (Phi) is 7.37. The summed E-state index contributed by atoms with van der Waals surface area (Å²) in [5, 5.41) is 0. The zero-order valence-corrected chi connectivity index (χ0v) is 16.6. The average Bonchev–Trinajstić information content (AvgIpc) is 3.04. The molecular formula is C18H25FN4O4S. The normalized spacial score (nSPS) is 20.1. The Morgan fingerprint density at radius 2 is 2.18 bits per heavy atom. The number of amides is 1. The predicted octanol–water partition coefficient (Wildman–Crippen LogP) is 1.30. The smallest absolute Gasteiger partial charge is 0.414 e. The van der Waals surface area contributed by atoms with Crippen molar-refractivity contribution in [1.29, 1.82) is 0 Å². The van der Waals surface area contributed by atoms with E-state index in [0.717, 1.165) is 13.1 Å². The number of hydrogen-bond acceptors (Lipinski definition) is 7. The monoisotopic (exact) mass is 412 g/mol. The van der Waals surface area contributed by atoms with Crippen LogP contribution in [0.15, 0.2) is 18.2 Å². The van der Waals surface area contributed by atoms with Gasteiger partial charge in [0.15, 0.2) is 11.6 Å². The zero-order valence-electron chi connectivity index (χ0n) is 15.8. The number of morpholine rings is 1. The fraction of sp³-hybridized carbons (Fsp3) is 0.556. The molecule has 154 valence electrons. The van der Waals surface area contributed by atoms with E-state index in [-0.39, 0.29) is 11.9 Å². The van der Waals surface area contributed by atoms with E-state index < -0.39 is 11.9 Å². The Balaban J connectivity index is 1.50. The molecule has 0 unspecified atom stereocenters. The topological polar surface area (TPSA) is 75.3 Å². The van der Waals surface area contributed by atoms with Crippen LogP contribution in [-0.2, 0) is 9.47 Å². The molecule has 10 heteroatoms. The Bertz CT molecular complexity index is 702. The van der Waals surface area contributed by atoms with Gasteiger partial charge in [0.25, 0.3) is 0 Å². The zero-order chi connectivity index (χ0) is 19.9. The predicted molar refractivity (Wildman–Crippen MR) is 106 cm³/mol. The lowest BCUT2D eigenvalue weighted by Crippen LogP contribution is -2.41. The first kappa shape index (κ1) is 20.7. The first-order valence-corrected chi connectivity index (χ1v) is 9.64. The van der Waals surface area contributed by atoms with Crippen LogP contribution in [0.1, 0.15) is 6.92 Å². The van der Waals surface area contributed by atoms with E-state index in [9.17, 15) is 9.18 Å². The van der Waals surface area contributed by atoms with Crippen molar-refractivity contribution in [2.24, 2.45) is 0 Å². The van der Waals surface area contributed by atoms with Crippen molar-refractivity contribution in [1.82, 2.24) is 15.8 Å². The van der Waals surface area contributed by atoms with Gasteiger partial charge < -0.3 is 19.6 Å². The summed E-state index contributed by atoms with van der Waals surface area (Å²) in [7, 11) is 0. The highest BCUT2D eigenvalue weighted by atomic mass is 32.1. The van der Waals surface area contributed by atoms with Crippen LogP contribution in [0.25, 0.3) is 0 Å². The SMILES string of the molecule is CC(=S)NNC[C@H]1CN(c2ccc(OCCN3CCOCC3)c(F)c2)C(=O)O1. The number of ether oxygens (including phenoxy) is 3. The number of hydrogen-bond donors (Lipinski definition) is 2. The summed E-state index contributed by atoms with van der Waals surface area (Å²) in [5.41, 5.74) is 6.11. The third kappa shape index (κ3) is 5.74. The van der Waals surface area contributed by atoms with E-state index in [0.29, 0.717) is 50.1 Å². The van der Waals surface area contributed by atoms with E-state index in [4.69, 9.17) is 26.4 Å². The van der Waals surface area contributed by atoms with E-state index in [1.165, 1.54) is 11.0 Å². The van der Waals surface area contributed by atoms with Crippen LogP contribution < -0.4 is 20.5 Å². The van der Waals surface area contributed by atoms with Gasteiger partial charge in [-0.2, -0.15) is 0 Å². The van der Waals surface area contributed by atoms with Crippen LogP contribution in [0.4, 0.5) is 14.9 Å². The summed E-state index contributed by atoms with van der Waals surface area (Å²) < 4.78 is 30.5. The van der Waals surface area contributed by atoms with Gasteiger partial charge >= 0.3 is 6.09 Å². The summed E-state index contributed by atoms with van der Waals surface area (Å²) in [6, 6.07) is 4.49. The minimum atomic E-state index is -0.508. The second-order valence-electron chi connectivity index (χ2n) is 6.60. The molecule has 1 aromatic rings. The lowest BCUT2D eigenvalue weighted by atomic mass is 10.2. The number of carbonyl (C=O) groups is 1. The maximum absolute atomic E-state index is 14.4. The van der Waals surface area contributed by atoms with Crippen molar-refractivity contribution in [2.75, 3.05) is 57.4 Å². The molecule has 2 aliphatic rings. The molecule has 0 radical (unpaired) electrons. The molecular weight excluding hydrogens is 387 g/mol. The number of carbonyl (C=O) groups excluding carboxylic acids is 1. The molecule has 28 heavy (non-hydrogen) atoms. The Morgan fingerprint density at radius 1 is 1.39 bits per heavy atom. The van der Waals surface area contributed by atoms with Crippen LogP contribution in [0.3, 0.4) is 0 Å². The molecule has 2 saturated heterocycles. The van der Waals surface area contributed by atoms with Gasteiger partial charge in [0.1, 0.15) is 12.7 Å². The molecule has 0 saturated carbocycles. The summed E-state index contributed by atoms with van der Waals surface area (Å²) in [4.78, 5) is 16.3. The first-order valence-electron chi connectivity index (χ1n) is 9.23. The van der Waals surface area contributed by atoms with Crippen molar-refractivity contribution in [3.05, 3.63) is 24.0 Å². The molecule has 2 heterocycles. The largest absolute Gasteiger partial charge is 0.489 e. The second-order valence-corrected chi connectivity index (χ2v) is 7.21. The van der Waals surface area contributed by atoms with Gasteiger partial charge in [0, 0.05) is 25.7 Å². The number of cyclic esters (lactones) is 1. The molecule has 8 nitrogen and oxygen atoms in total. The average molecular weight is 412 g/mol. The number of nitrogens with one attached hydrogen (secondary N) is 2. The van der Waals surface area contributed by atoms with Gasteiger partial charge in [-0.05, 0) is 19.1 Å². The van der Waals surface area contributed by atoms with Gasteiger partial charge in [0.2, 0.25) is 0 Å². The number of rotatable bonds is 8. The number of hydrazine groups is 1. The molecule has 1 aromatic carbocycles. The molecule has 0 spiro atoms. The number of halogens is 1. The van der Waals surface area contributed by atoms with Crippen molar-refractivity contribution in [3.8, 4) is 5.75 Å². The van der Waals surface area contributed by atoms with Crippen molar-refractivity contribution in [3.63, 3.8) is 0 Å². The van der Waals surface area contributed by atoms with Gasteiger partial charge in [0.05, 0.1) is 37.0 Å². The first-order chi connectivity index (χ1) is 13.5. The third-order valence-corrected chi connectivity index (χ3v) is 4.57. The fourth-order valence-corrected chi connectivity index (χ4v) is 3.08. The van der Waals surface area contributed by atoms with Crippen LogP contribution in [0.2, 0.25) is 0 Å². The quantitative estimate of drug-likeness (QED) is 0.489. The van der Waals surface area contributed by atoms with Crippen molar-refractivity contribution < 1.29 is 23.4 Å². The molecule has 0 aromatic heterocycles. The molecule has 2 fully saturated rings. The van der Waals surface area contributed by atoms with Gasteiger partial charge in [-0.3, -0.25) is 9.80 Å². The molecule has 0 aliphatic carbocycles. The Morgan fingerprint density at radius 3 is 2.89 bits per heavy atom. The van der Waals surface area contributed by atoms with E-state index >= 15 is 0 Å². The van der Waals surface area contributed by atoms with Crippen LogP contribution >= 0.6 is 12.2 Å². The van der Waals surface area contributed by atoms with Crippen molar-refractivity contribution in [2.45, 2.75) is 13.0 Å². The highest BCUT2D eigenvalue weighted by Gasteiger charge is 2.32. The molecule has 2 N–H and O–H groups in total. The second kappa shape index (κ2) is 9.97. The summed E-state index contributed by atoms with van der Waals surface area (Å²) in [6.07, 6.45) is -0.867. The number of anilines is 1. The fourth-order valence-electron chi connectivity index (χ4n) is 3.01. The maximum Gasteiger partial charge on any atom is 0.414 e. The summed E-state index contributed by atoms with van der Waals surface area (Å²) in [5.74, 6) is -0.338. The van der Waals surface area contributed by atoms with Gasteiger partial charge in [-0.25, -0.2) is 14.6 Å². The third-order valence-electron chi connectivity index (χ3n) is 4.46. The highest BCUT2D eigenvalue weighted by molar-refractivity contribution is 7.80. The van der Waals surface area contributed by atoms with Crippen molar-refractivity contribution >= 4 is 29.0 Å². The van der Waals surface area contributed by atoms with Crippen LogP contribution in [0, 0.1) is 5.82 Å². The van der Waals surface area contributed by atoms with Gasteiger partial charge in [-0.1, -0.05) is 12.2 Å². The summed E-state index contributed by atoms with van der Waals surface area (Å²) >= 11 is 4.90. The minimum absolute atomic E-state index is 0.170. The van der Waals surface area contributed by atoms with E-state index in [1.54, 1.807) is 19.1 Å². The van der Waals surface area contributed by atoms with Crippen LogP contribution in [-0.4, -0.2) is 74.6 Å². The van der Waals surface area contributed by atoms with E-state index in [2.05, 4.69) is 15.8 Å². The highest BCUT2D eigenvalue weighted by Crippen LogP contribution is 2.27. The number of nitrogens with zero attached hydrogens (tertiary/aromatic N) is 2. The molecule has 1 amide bonds. The molecule has 0 bridgehead atoms. The molecule has 1 atom stereocenters. The maximum atomic E-state index is 14.4. The number of thiocarbonyl (C=S) groups is 1. The number of benzene rings is 1.